The molecule has 0 aromatic carbocycles. The maximum Gasteiger partial charge on any atom is 0.326 e. The quantitative estimate of drug-likeness (QED) is 0.749. The van der Waals surface area contributed by atoms with Gasteiger partial charge in [-0.15, -0.1) is 0 Å². The monoisotopic (exact) mass is 295 g/mol. The molecular formula is C16H29N3O2. The van der Waals surface area contributed by atoms with Crippen LogP contribution in [0.4, 0.5) is 0 Å². The van der Waals surface area contributed by atoms with E-state index >= 15 is 0 Å². The van der Waals surface area contributed by atoms with E-state index in [1.54, 1.807) is 0 Å². The lowest BCUT2D eigenvalue weighted by molar-refractivity contribution is -0.151. The highest BCUT2D eigenvalue weighted by Gasteiger charge is 2.36. The predicted octanol–water partition coefficient (Wildman–Crippen LogP) is 2.77. The van der Waals surface area contributed by atoms with Crippen LogP contribution >= 0.6 is 0 Å². The molecule has 1 heterocycles. The first-order valence-corrected chi connectivity index (χ1v) is 7.79. The van der Waals surface area contributed by atoms with Gasteiger partial charge in [-0.25, -0.2) is 0 Å². The van der Waals surface area contributed by atoms with Crippen molar-refractivity contribution in [1.29, 1.82) is 0 Å². The third-order valence-corrected chi connectivity index (χ3v) is 3.66. The lowest BCUT2D eigenvalue weighted by Crippen LogP contribution is -2.52. The molecule has 1 N–H and O–H groups in total. The molecule has 0 saturated heterocycles. The van der Waals surface area contributed by atoms with Crippen molar-refractivity contribution in [2.45, 2.75) is 66.0 Å². The van der Waals surface area contributed by atoms with Crippen molar-refractivity contribution in [3.8, 4) is 0 Å². The Labute approximate surface area is 128 Å². The number of carbonyl (C=O) groups excluding carboxylic acids is 1. The van der Waals surface area contributed by atoms with Gasteiger partial charge >= 0.3 is 5.97 Å². The van der Waals surface area contributed by atoms with Gasteiger partial charge in [-0.1, -0.05) is 6.92 Å². The summed E-state index contributed by atoms with van der Waals surface area (Å²) in [4.78, 5) is 12.3. The summed E-state index contributed by atoms with van der Waals surface area (Å²) in [5, 5.41) is 7.86. The number of aryl methyl sites for hydroxylation is 2. The Morgan fingerprint density at radius 2 is 2.14 bits per heavy atom. The first kappa shape index (κ1) is 17.7. The van der Waals surface area contributed by atoms with Crippen LogP contribution < -0.4 is 5.32 Å². The number of ether oxygens (including phenoxy) is 1. The van der Waals surface area contributed by atoms with Gasteiger partial charge in [-0.05, 0) is 60.1 Å². The molecule has 21 heavy (non-hydrogen) atoms. The second kappa shape index (κ2) is 7.59. The molecule has 1 aromatic heterocycles. The van der Waals surface area contributed by atoms with E-state index in [9.17, 15) is 4.79 Å². The van der Waals surface area contributed by atoms with E-state index < -0.39 is 5.54 Å². The fourth-order valence-electron chi connectivity index (χ4n) is 2.69. The first-order chi connectivity index (χ1) is 9.84. The van der Waals surface area contributed by atoms with E-state index in [0.717, 1.165) is 24.4 Å². The molecule has 5 nitrogen and oxygen atoms in total. The minimum Gasteiger partial charge on any atom is -0.465 e. The van der Waals surface area contributed by atoms with Crippen molar-refractivity contribution < 1.29 is 9.53 Å². The topological polar surface area (TPSA) is 56.2 Å². The van der Waals surface area contributed by atoms with Crippen LogP contribution in [-0.4, -0.2) is 34.4 Å². The second-order valence-corrected chi connectivity index (χ2v) is 5.90. The lowest BCUT2D eigenvalue weighted by atomic mass is 9.93. The van der Waals surface area contributed by atoms with E-state index in [2.05, 4.69) is 30.3 Å². The molecule has 0 aliphatic heterocycles. The number of nitrogens with zero attached hydrogens (tertiary/aromatic N) is 2. The molecule has 1 aromatic rings. The largest absolute Gasteiger partial charge is 0.465 e. The summed E-state index contributed by atoms with van der Waals surface area (Å²) in [5.41, 5.74) is 1.43. The normalized spacial score (nSPS) is 15.5. The average Bonchev–Trinajstić information content (AvgIpc) is 2.75. The van der Waals surface area contributed by atoms with Crippen molar-refractivity contribution >= 4 is 5.97 Å². The van der Waals surface area contributed by atoms with Crippen molar-refractivity contribution in [3.63, 3.8) is 0 Å². The van der Waals surface area contributed by atoms with Crippen LogP contribution in [0.15, 0.2) is 6.07 Å². The molecule has 0 amide bonds. The van der Waals surface area contributed by atoms with Gasteiger partial charge in [0.05, 0.1) is 18.3 Å². The Morgan fingerprint density at radius 3 is 2.62 bits per heavy atom. The third-order valence-electron chi connectivity index (χ3n) is 3.66. The standard InChI is InChI=1S/C16H29N3O2/c1-7-9-17-16(6,15(20)21-8-2)11-14(5)19-13(4)10-12(3)18-19/h10,14,17H,7-9,11H2,1-6H3. The summed E-state index contributed by atoms with van der Waals surface area (Å²) >= 11 is 0. The molecule has 0 fully saturated rings. The first-order valence-electron chi connectivity index (χ1n) is 7.79. The highest BCUT2D eigenvalue weighted by atomic mass is 16.5. The van der Waals surface area contributed by atoms with Gasteiger partial charge in [-0.2, -0.15) is 5.10 Å². The molecule has 0 spiro atoms. The fourth-order valence-corrected chi connectivity index (χ4v) is 2.69. The average molecular weight is 295 g/mol. The van der Waals surface area contributed by atoms with Gasteiger partial charge in [-0.3, -0.25) is 9.48 Å². The molecule has 0 saturated carbocycles. The number of hydrogen-bond donors (Lipinski definition) is 1. The summed E-state index contributed by atoms with van der Waals surface area (Å²) in [6.45, 7) is 13.1. The SMILES string of the molecule is CCCNC(C)(CC(C)n1nc(C)cc1C)C(=O)OCC. The van der Waals surface area contributed by atoms with Gasteiger partial charge in [0.2, 0.25) is 0 Å². The Bertz CT molecular complexity index is 470. The maximum atomic E-state index is 12.3. The summed E-state index contributed by atoms with van der Waals surface area (Å²) in [6, 6.07) is 2.18. The van der Waals surface area contributed by atoms with Crippen LogP contribution in [0.2, 0.25) is 0 Å². The van der Waals surface area contributed by atoms with Crippen LogP contribution in [0.1, 0.15) is 58.0 Å². The molecule has 0 aliphatic carbocycles. The van der Waals surface area contributed by atoms with Gasteiger partial charge in [0.25, 0.3) is 0 Å². The zero-order valence-corrected chi connectivity index (χ0v) is 14.2. The van der Waals surface area contributed by atoms with Crippen molar-refractivity contribution in [3.05, 3.63) is 17.5 Å². The highest BCUT2D eigenvalue weighted by molar-refractivity contribution is 5.80. The van der Waals surface area contributed by atoms with E-state index in [-0.39, 0.29) is 12.0 Å². The number of rotatable bonds is 8. The molecule has 5 heteroatoms. The van der Waals surface area contributed by atoms with E-state index in [1.165, 1.54) is 0 Å². The molecule has 120 valence electrons. The Balaban J connectivity index is 2.89. The number of esters is 1. The van der Waals surface area contributed by atoms with Gasteiger partial charge in [0, 0.05) is 5.69 Å². The smallest absolute Gasteiger partial charge is 0.326 e. The number of nitrogens with one attached hydrogen (secondary N) is 1. The minimum atomic E-state index is -0.683. The summed E-state index contributed by atoms with van der Waals surface area (Å²) in [7, 11) is 0. The summed E-state index contributed by atoms with van der Waals surface area (Å²) < 4.78 is 7.23. The summed E-state index contributed by atoms with van der Waals surface area (Å²) in [5.74, 6) is -0.188. The van der Waals surface area contributed by atoms with E-state index in [1.807, 2.05) is 32.4 Å². The number of aromatic nitrogens is 2. The maximum absolute atomic E-state index is 12.3. The second-order valence-electron chi connectivity index (χ2n) is 5.90. The Morgan fingerprint density at radius 1 is 1.48 bits per heavy atom. The van der Waals surface area contributed by atoms with Crippen LogP contribution in [0.5, 0.6) is 0 Å². The van der Waals surface area contributed by atoms with E-state index in [4.69, 9.17) is 4.74 Å². The molecule has 1 rings (SSSR count). The predicted molar refractivity (Wildman–Crippen MR) is 84.4 cm³/mol. The molecule has 0 aliphatic rings. The Kier molecular flexibility index (Phi) is 6.40. The lowest BCUT2D eigenvalue weighted by Gasteiger charge is -2.31. The van der Waals surface area contributed by atoms with Crippen LogP contribution in [0.25, 0.3) is 0 Å². The number of hydrogen-bond acceptors (Lipinski definition) is 4. The molecule has 0 bridgehead atoms. The molecule has 0 radical (unpaired) electrons. The molecular weight excluding hydrogens is 266 g/mol. The fraction of sp³-hybridized carbons (Fsp3) is 0.750. The zero-order valence-electron chi connectivity index (χ0n) is 14.2. The van der Waals surface area contributed by atoms with Gasteiger partial charge in [0.1, 0.15) is 5.54 Å². The van der Waals surface area contributed by atoms with E-state index in [0.29, 0.717) is 13.0 Å². The highest BCUT2D eigenvalue weighted by Crippen LogP contribution is 2.23. The zero-order chi connectivity index (χ0) is 16.0. The minimum absolute atomic E-state index is 0.123. The van der Waals surface area contributed by atoms with Gasteiger partial charge in [0.15, 0.2) is 0 Å². The van der Waals surface area contributed by atoms with Crippen molar-refractivity contribution in [2.75, 3.05) is 13.2 Å². The molecule has 2 unspecified atom stereocenters. The van der Waals surface area contributed by atoms with Gasteiger partial charge < -0.3 is 10.1 Å². The van der Waals surface area contributed by atoms with Crippen LogP contribution in [-0.2, 0) is 9.53 Å². The van der Waals surface area contributed by atoms with Crippen LogP contribution in [0, 0.1) is 13.8 Å². The summed E-state index contributed by atoms with van der Waals surface area (Å²) in [6.07, 6.45) is 1.62. The van der Waals surface area contributed by atoms with Crippen LogP contribution in [0.3, 0.4) is 0 Å². The molecule has 2 atom stereocenters. The third kappa shape index (κ3) is 4.56. The number of carbonyl (C=O) groups is 1. The van der Waals surface area contributed by atoms with Crippen molar-refractivity contribution in [1.82, 2.24) is 15.1 Å². The van der Waals surface area contributed by atoms with Crippen molar-refractivity contribution in [2.24, 2.45) is 0 Å². The Hall–Kier alpha value is -1.36.